The van der Waals surface area contributed by atoms with Crippen LogP contribution in [0.3, 0.4) is 0 Å². The number of hydrogen-bond acceptors (Lipinski definition) is 6. The van der Waals surface area contributed by atoms with Gasteiger partial charge in [-0.2, -0.15) is 0 Å². The van der Waals surface area contributed by atoms with E-state index in [2.05, 4.69) is 10.3 Å². The maximum absolute atomic E-state index is 12.7. The highest BCUT2D eigenvalue weighted by atomic mass is 16.6. The van der Waals surface area contributed by atoms with Crippen LogP contribution in [0.1, 0.15) is 24.0 Å². The molecule has 4 rings (SSSR count). The second-order valence-corrected chi connectivity index (χ2v) is 8.00. The number of ether oxygens (including phenoxy) is 1. The largest absolute Gasteiger partial charge is 0.473 e. The van der Waals surface area contributed by atoms with E-state index in [4.69, 9.17) is 4.74 Å². The minimum atomic E-state index is -0.360. The van der Waals surface area contributed by atoms with Crippen molar-refractivity contribution in [3.05, 3.63) is 94.2 Å². The molecule has 1 aliphatic rings. The van der Waals surface area contributed by atoms with Gasteiger partial charge in [-0.25, -0.2) is 4.98 Å². The number of aromatic nitrogens is 1. The van der Waals surface area contributed by atoms with Gasteiger partial charge in [-0.05, 0) is 36.1 Å². The molecule has 33 heavy (non-hydrogen) atoms. The van der Waals surface area contributed by atoms with Gasteiger partial charge in [0.25, 0.3) is 5.69 Å². The standard InChI is InChI=1S/C25H26N4O4/c30-25(21-11-14-28(15-12-21)22-8-4-5-9-23(22)29(31)32)27-17-20-10-13-26-24(16-20)33-18-19-6-2-1-3-7-19/h1-10,13,16,21H,11-12,14-15,17-18H2,(H,27,30). The molecule has 0 radical (unpaired) electrons. The summed E-state index contributed by atoms with van der Waals surface area (Å²) in [5, 5.41) is 14.3. The van der Waals surface area contributed by atoms with Crippen molar-refractivity contribution in [2.45, 2.75) is 26.0 Å². The van der Waals surface area contributed by atoms with Crippen LogP contribution in [-0.2, 0) is 17.9 Å². The zero-order valence-electron chi connectivity index (χ0n) is 18.2. The van der Waals surface area contributed by atoms with Gasteiger partial charge in [-0.1, -0.05) is 42.5 Å². The summed E-state index contributed by atoms with van der Waals surface area (Å²) in [4.78, 5) is 29.9. The molecule has 1 saturated heterocycles. The Bertz CT molecular complexity index is 1100. The van der Waals surface area contributed by atoms with Gasteiger partial charge >= 0.3 is 0 Å². The van der Waals surface area contributed by atoms with Crippen molar-refractivity contribution in [3.8, 4) is 5.88 Å². The lowest BCUT2D eigenvalue weighted by molar-refractivity contribution is -0.384. The Balaban J connectivity index is 1.27. The summed E-state index contributed by atoms with van der Waals surface area (Å²) in [5.41, 5.74) is 2.69. The predicted octanol–water partition coefficient (Wildman–Crippen LogP) is 4.10. The minimum absolute atomic E-state index is 0.000720. The van der Waals surface area contributed by atoms with Crippen LogP contribution in [0.15, 0.2) is 72.9 Å². The number of nitrogens with one attached hydrogen (secondary N) is 1. The molecular formula is C25H26N4O4. The van der Waals surface area contributed by atoms with E-state index >= 15 is 0 Å². The van der Waals surface area contributed by atoms with Gasteiger partial charge in [0.1, 0.15) is 12.3 Å². The van der Waals surface area contributed by atoms with Crippen LogP contribution in [0, 0.1) is 16.0 Å². The number of nitro groups is 1. The molecule has 3 aromatic rings. The van der Waals surface area contributed by atoms with Crippen LogP contribution in [0.2, 0.25) is 0 Å². The summed E-state index contributed by atoms with van der Waals surface area (Å²) in [6.45, 7) is 2.04. The highest BCUT2D eigenvalue weighted by Crippen LogP contribution is 2.31. The number of hydrogen-bond donors (Lipinski definition) is 1. The third-order valence-electron chi connectivity index (χ3n) is 5.78. The van der Waals surface area contributed by atoms with Crippen LogP contribution in [0.5, 0.6) is 5.88 Å². The number of anilines is 1. The molecule has 1 aliphatic heterocycles. The number of rotatable bonds is 8. The number of piperidine rings is 1. The molecule has 170 valence electrons. The molecule has 1 aromatic heterocycles. The SMILES string of the molecule is O=C(NCc1ccnc(OCc2ccccc2)c1)C1CCN(c2ccccc2[N+](=O)[O-])CC1. The molecule has 1 fully saturated rings. The van der Waals surface area contributed by atoms with Gasteiger partial charge in [0.15, 0.2) is 0 Å². The first-order chi connectivity index (χ1) is 16.1. The molecule has 8 nitrogen and oxygen atoms in total. The summed E-state index contributed by atoms with van der Waals surface area (Å²) in [7, 11) is 0. The van der Waals surface area contributed by atoms with Crippen molar-refractivity contribution in [1.29, 1.82) is 0 Å². The monoisotopic (exact) mass is 446 g/mol. The zero-order valence-corrected chi connectivity index (χ0v) is 18.2. The van der Waals surface area contributed by atoms with E-state index in [1.54, 1.807) is 24.4 Å². The van der Waals surface area contributed by atoms with Crippen LogP contribution < -0.4 is 15.0 Å². The van der Waals surface area contributed by atoms with E-state index in [1.807, 2.05) is 47.4 Å². The van der Waals surface area contributed by atoms with E-state index in [0.29, 0.717) is 50.7 Å². The maximum atomic E-state index is 12.7. The minimum Gasteiger partial charge on any atom is -0.473 e. The first-order valence-corrected chi connectivity index (χ1v) is 11.0. The molecule has 2 heterocycles. The molecule has 0 bridgehead atoms. The Morgan fingerprint density at radius 1 is 1.06 bits per heavy atom. The summed E-state index contributed by atoms with van der Waals surface area (Å²) in [5.74, 6) is 0.406. The van der Waals surface area contributed by atoms with Gasteiger partial charge in [0, 0.05) is 43.9 Å². The molecule has 8 heteroatoms. The van der Waals surface area contributed by atoms with Crippen molar-refractivity contribution in [2.24, 2.45) is 5.92 Å². The van der Waals surface area contributed by atoms with Gasteiger partial charge in [0.2, 0.25) is 11.8 Å². The van der Waals surface area contributed by atoms with E-state index in [1.165, 1.54) is 6.07 Å². The lowest BCUT2D eigenvalue weighted by Gasteiger charge is -2.32. The van der Waals surface area contributed by atoms with Crippen molar-refractivity contribution < 1.29 is 14.5 Å². The lowest BCUT2D eigenvalue weighted by Crippen LogP contribution is -2.40. The van der Waals surface area contributed by atoms with Crippen molar-refractivity contribution in [2.75, 3.05) is 18.0 Å². The second kappa shape index (κ2) is 10.6. The van der Waals surface area contributed by atoms with Gasteiger partial charge in [0.05, 0.1) is 4.92 Å². The Kier molecular flexibility index (Phi) is 7.14. The number of nitrogens with zero attached hydrogens (tertiary/aromatic N) is 3. The summed E-state index contributed by atoms with van der Waals surface area (Å²) >= 11 is 0. The first-order valence-electron chi connectivity index (χ1n) is 11.0. The highest BCUT2D eigenvalue weighted by molar-refractivity contribution is 5.79. The van der Waals surface area contributed by atoms with E-state index in [0.717, 1.165) is 11.1 Å². The molecule has 1 N–H and O–H groups in total. The number of carbonyl (C=O) groups is 1. The number of benzene rings is 2. The normalized spacial score (nSPS) is 14.0. The maximum Gasteiger partial charge on any atom is 0.292 e. The molecule has 2 aromatic carbocycles. The fraction of sp³-hybridized carbons (Fsp3) is 0.280. The average Bonchev–Trinajstić information content (AvgIpc) is 2.87. The third-order valence-corrected chi connectivity index (χ3v) is 5.78. The molecule has 0 atom stereocenters. The van der Waals surface area contributed by atoms with E-state index < -0.39 is 0 Å². The second-order valence-electron chi connectivity index (χ2n) is 8.00. The summed E-state index contributed by atoms with van der Waals surface area (Å²) in [6, 6.07) is 20.3. The molecule has 0 unspecified atom stereocenters. The van der Waals surface area contributed by atoms with Crippen molar-refractivity contribution >= 4 is 17.3 Å². The Hall–Kier alpha value is -3.94. The van der Waals surface area contributed by atoms with E-state index in [9.17, 15) is 14.9 Å². The van der Waals surface area contributed by atoms with Crippen LogP contribution >= 0.6 is 0 Å². The lowest BCUT2D eigenvalue weighted by atomic mass is 9.95. The number of amides is 1. The first kappa shape index (κ1) is 22.3. The topological polar surface area (TPSA) is 97.6 Å². The quantitative estimate of drug-likeness (QED) is 0.413. The van der Waals surface area contributed by atoms with Crippen LogP contribution in [0.4, 0.5) is 11.4 Å². The summed E-state index contributed by atoms with van der Waals surface area (Å²) in [6.07, 6.45) is 2.98. The highest BCUT2D eigenvalue weighted by Gasteiger charge is 2.27. The van der Waals surface area contributed by atoms with Gasteiger partial charge in [-0.3, -0.25) is 14.9 Å². The Morgan fingerprint density at radius 3 is 2.55 bits per heavy atom. The van der Waals surface area contributed by atoms with Crippen molar-refractivity contribution in [3.63, 3.8) is 0 Å². The molecule has 0 saturated carbocycles. The van der Waals surface area contributed by atoms with Crippen molar-refractivity contribution in [1.82, 2.24) is 10.3 Å². The Morgan fingerprint density at radius 2 is 1.79 bits per heavy atom. The number of nitro benzene ring substituents is 1. The average molecular weight is 447 g/mol. The smallest absolute Gasteiger partial charge is 0.292 e. The van der Waals surface area contributed by atoms with Crippen LogP contribution in [-0.4, -0.2) is 28.9 Å². The fourth-order valence-corrected chi connectivity index (χ4v) is 3.97. The fourth-order valence-electron chi connectivity index (χ4n) is 3.97. The molecular weight excluding hydrogens is 420 g/mol. The molecule has 0 aliphatic carbocycles. The number of pyridine rings is 1. The summed E-state index contributed by atoms with van der Waals surface area (Å²) < 4.78 is 5.76. The predicted molar refractivity (Wildman–Crippen MR) is 125 cm³/mol. The van der Waals surface area contributed by atoms with Gasteiger partial charge in [-0.15, -0.1) is 0 Å². The van der Waals surface area contributed by atoms with Crippen LogP contribution in [0.25, 0.3) is 0 Å². The number of para-hydroxylation sites is 2. The Labute approximate surface area is 192 Å². The third kappa shape index (κ3) is 5.85. The van der Waals surface area contributed by atoms with E-state index in [-0.39, 0.29) is 22.4 Å². The van der Waals surface area contributed by atoms with Gasteiger partial charge < -0.3 is 15.0 Å². The zero-order chi connectivity index (χ0) is 23.0. The number of carbonyl (C=O) groups excluding carboxylic acids is 1. The molecule has 1 amide bonds. The molecule has 0 spiro atoms.